The van der Waals surface area contributed by atoms with Gasteiger partial charge in [-0.3, -0.25) is 5.84 Å². The zero-order valence-corrected chi connectivity index (χ0v) is 12.7. The second-order valence-corrected chi connectivity index (χ2v) is 7.63. The summed E-state index contributed by atoms with van der Waals surface area (Å²) < 4.78 is 27.3. The van der Waals surface area contributed by atoms with Crippen molar-refractivity contribution in [2.75, 3.05) is 12.0 Å². The normalized spacial score (nSPS) is 18.7. The molecule has 0 unspecified atom stereocenters. The number of nitrogen functional groups attached to an aromatic ring is 1. The number of rotatable bonds is 5. The molecule has 5 nitrogen and oxygen atoms in total. The zero-order valence-electron chi connectivity index (χ0n) is 11.9. The summed E-state index contributed by atoms with van der Waals surface area (Å²) in [4.78, 5) is 0.274. The van der Waals surface area contributed by atoms with Crippen molar-refractivity contribution in [2.24, 2.45) is 11.3 Å². The Bertz CT molecular complexity index is 534. The van der Waals surface area contributed by atoms with E-state index in [0.29, 0.717) is 12.2 Å². The first-order valence-corrected chi connectivity index (χ1v) is 8.50. The number of anilines is 1. The zero-order chi connectivity index (χ0) is 14.6. The predicted molar refractivity (Wildman–Crippen MR) is 80.6 cm³/mol. The van der Waals surface area contributed by atoms with Crippen LogP contribution in [0, 0.1) is 5.41 Å². The average molecular weight is 297 g/mol. The van der Waals surface area contributed by atoms with Gasteiger partial charge in [0.2, 0.25) is 10.0 Å². The average Bonchev–Trinajstić information content (AvgIpc) is 2.46. The van der Waals surface area contributed by atoms with Crippen molar-refractivity contribution in [3.63, 3.8) is 0 Å². The van der Waals surface area contributed by atoms with Gasteiger partial charge in [-0.25, -0.2) is 13.1 Å². The molecule has 0 saturated heterocycles. The molecule has 1 aliphatic rings. The van der Waals surface area contributed by atoms with Gasteiger partial charge in [-0.2, -0.15) is 0 Å². The number of nitrogens with two attached hydrogens (primary N) is 1. The minimum absolute atomic E-state index is 0.0874. The number of hydrazine groups is 1. The first-order chi connectivity index (χ1) is 9.45. The molecule has 112 valence electrons. The van der Waals surface area contributed by atoms with Crippen molar-refractivity contribution in [1.29, 1.82) is 0 Å². The third-order valence-electron chi connectivity index (χ3n) is 4.08. The molecular weight excluding hydrogens is 274 g/mol. The van der Waals surface area contributed by atoms with Crippen LogP contribution in [0.3, 0.4) is 0 Å². The van der Waals surface area contributed by atoms with E-state index in [-0.39, 0.29) is 10.3 Å². The van der Waals surface area contributed by atoms with E-state index >= 15 is 0 Å². The molecule has 0 heterocycles. The van der Waals surface area contributed by atoms with Crippen LogP contribution in [0.25, 0.3) is 0 Å². The lowest BCUT2D eigenvalue weighted by Gasteiger charge is -2.33. The van der Waals surface area contributed by atoms with E-state index in [2.05, 4.69) is 17.1 Å². The molecule has 0 atom stereocenters. The van der Waals surface area contributed by atoms with E-state index in [4.69, 9.17) is 5.84 Å². The van der Waals surface area contributed by atoms with Gasteiger partial charge in [0.25, 0.3) is 0 Å². The maximum atomic E-state index is 12.3. The van der Waals surface area contributed by atoms with Gasteiger partial charge in [-0.1, -0.05) is 26.2 Å². The van der Waals surface area contributed by atoms with Crippen LogP contribution in [0.4, 0.5) is 5.69 Å². The maximum absolute atomic E-state index is 12.3. The molecule has 1 fully saturated rings. The van der Waals surface area contributed by atoms with Gasteiger partial charge >= 0.3 is 0 Å². The van der Waals surface area contributed by atoms with E-state index in [1.165, 1.54) is 19.3 Å². The van der Waals surface area contributed by atoms with Crippen LogP contribution < -0.4 is 16.0 Å². The number of sulfonamides is 1. The van der Waals surface area contributed by atoms with Crippen molar-refractivity contribution in [2.45, 2.75) is 43.9 Å². The van der Waals surface area contributed by atoms with Gasteiger partial charge < -0.3 is 5.43 Å². The molecule has 1 aliphatic carbocycles. The third-order valence-corrected chi connectivity index (χ3v) is 5.50. The summed E-state index contributed by atoms with van der Waals surface area (Å²) in [5, 5.41) is 0. The summed E-state index contributed by atoms with van der Waals surface area (Å²) in [6.07, 6.45) is 5.82. The minimum atomic E-state index is -3.44. The molecule has 1 saturated carbocycles. The molecular formula is C14H23N3O2S. The fourth-order valence-corrected chi connectivity index (χ4v) is 3.86. The SMILES string of the molecule is CC1(CNS(=O)(=O)c2ccc(NN)cc2)CCCCC1. The van der Waals surface area contributed by atoms with Gasteiger partial charge in [0.05, 0.1) is 4.90 Å². The highest BCUT2D eigenvalue weighted by molar-refractivity contribution is 7.89. The molecule has 0 spiro atoms. The first kappa shape index (κ1) is 15.3. The first-order valence-electron chi connectivity index (χ1n) is 7.02. The van der Waals surface area contributed by atoms with Gasteiger partial charge in [0, 0.05) is 12.2 Å². The summed E-state index contributed by atoms with van der Waals surface area (Å²) in [5.41, 5.74) is 3.25. The van der Waals surface area contributed by atoms with Crippen molar-refractivity contribution in [1.82, 2.24) is 4.72 Å². The molecule has 1 aromatic rings. The van der Waals surface area contributed by atoms with Crippen molar-refractivity contribution in [3.8, 4) is 0 Å². The van der Waals surface area contributed by atoms with Crippen LogP contribution in [0.15, 0.2) is 29.2 Å². The molecule has 2 rings (SSSR count). The smallest absolute Gasteiger partial charge is 0.240 e. The number of hydrogen-bond acceptors (Lipinski definition) is 4. The molecule has 20 heavy (non-hydrogen) atoms. The Kier molecular flexibility index (Phi) is 4.67. The van der Waals surface area contributed by atoms with E-state index in [9.17, 15) is 8.42 Å². The topological polar surface area (TPSA) is 84.2 Å². The Labute approximate surface area is 121 Å². The van der Waals surface area contributed by atoms with Crippen LogP contribution >= 0.6 is 0 Å². The monoisotopic (exact) mass is 297 g/mol. The molecule has 0 radical (unpaired) electrons. The molecule has 1 aromatic carbocycles. The molecule has 0 aliphatic heterocycles. The highest BCUT2D eigenvalue weighted by Crippen LogP contribution is 2.35. The Morgan fingerprint density at radius 3 is 2.30 bits per heavy atom. The van der Waals surface area contributed by atoms with Gasteiger partial charge in [0.1, 0.15) is 0 Å². The molecule has 0 bridgehead atoms. The molecule has 0 amide bonds. The Morgan fingerprint density at radius 1 is 1.15 bits per heavy atom. The highest BCUT2D eigenvalue weighted by Gasteiger charge is 2.28. The van der Waals surface area contributed by atoms with Crippen LogP contribution in [0.5, 0.6) is 0 Å². The van der Waals surface area contributed by atoms with Crippen LogP contribution in [0.1, 0.15) is 39.0 Å². The Morgan fingerprint density at radius 2 is 1.75 bits per heavy atom. The number of hydrogen-bond donors (Lipinski definition) is 3. The summed E-state index contributed by atoms with van der Waals surface area (Å²) >= 11 is 0. The van der Waals surface area contributed by atoms with Crippen molar-refractivity contribution in [3.05, 3.63) is 24.3 Å². The quantitative estimate of drug-likeness (QED) is 0.575. The summed E-state index contributed by atoms with van der Waals surface area (Å²) in [7, 11) is -3.44. The van der Waals surface area contributed by atoms with Crippen molar-refractivity contribution < 1.29 is 8.42 Å². The lowest BCUT2D eigenvalue weighted by molar-refractivity contribution is 0.219. The highest BCUT2D eigenvalue weighted by atomic mass is 32.2. The molecule has 0 aromatic heterocycles. The van der Waals surface area contributed by atoms with E-state index in [1.54, 1.807) is 24.3 Å². The number of nitrogens with one attached hydrogen (secondary N) is 2. The third kappa shape index (κ3) is 3.71. The fourth-order valence-electron chi connectivity index (χ4n) is 2.66. The largest absolute Gasteiger partial charge is 0.324 e. The Hall–Kier alpha value is -1.11. The fraction of sp³-hybridized carbons (Fsp3) is 0.571. The molecule has 4 N–H and O–H groups in total. The van der Waals surface area contributed by atoms with E-state index in [1.807, 2.05) is 0 Å². The second-order valence-electron chi connectivity index (χ2n) is 5.86. The Balaban J connectivity index is 2.02. The van der Waals surface area contributed by atoms with Crippen molar-refractivity contribution >= 4 is 15.7 Å². The van der Waals surface area contributed by atoms with Gasteiger partial charge in [0.15, 0.2) is 0 Å². The maximum Gasteiger partial charge on any atom is 0.240 e. The summed E-state index contributed by atoms with van der Waals surface area (Å²) in [5.74, 6) is 5.27. The second kappa shape index (κ2) is 6.11. The summed E-state index contributed by atoms with van der Waals surface area (Å²) in [6.45, 7) is 2.67. The molecule has 6 heteroatoms. The lowest BCUT2D eigenvalue weighted by atomic mass is 9.76. The minimum Gasteiger partial charge on any atom is -0.324 e. The van der Waals surface area contributed by atoms with Gasteiger partial charge in [-0.05, 0) is 42.5 Å². The van der Waals surface area contributed by atoms with E-state index in [0.717, 1.165) is 12.8 Å². The van der Waals surface area contributed by atoms with E-state index < -0.39 is 10.0 Å². The lowest BCUT2D eigenvalue weighted by Crippen LogP contribution is -2.37. The standard InChI is InChI=1S/C14H23N3O2S/c1-14(9-3-2-4-10-14)11-16-20(18,19)13-7-5-12(17-15)6-8-13/h5-8,16-17H,2-4,9-11,15H2,1H3. The van der Waals surface area contributed by atoms with Crippen LogP contribution in [-0.4, -0.2) is 15.0 Å². The predicted octanol–water partition coefficient (Wildman–Crippen LogP) is 2.22. The van der Waals surface area contributed by atoms with Crippen LogP contribution in [-0.2, 0) is 10.0 Å². The van der Waals surface area contributed by atoms with Crippen LogP contribution in [0.2, 0.25) is 0 Å². The summed E-state index contributed by atoms with van der Waals surface area (Å²) in [6, 6.07) is 6.41. The number of benzene rings is 1. The van der Waals surface area contributed by atoms with Gasteiger partial charge in [-0.15, -0.1) is 0 Å².